The van der Waals surface area contributed by atoms with Gasteiger partial charge in [-0.05, 0) is 11.8 Å². The molecule has 12 heavy (non-hydrogen) atoms. The van der Waals surface area contributed by atoms with Gasteiger partial charge in [0.25, 0.3) is 0 Å². The van der Waals surface area contributed by atoms with Crippen LogP contribution in [0.25, 0.3) is 0 Å². The Balaban J connectivity index is 3.09. The minimum Gasteiger partial charge on any atom is -0.358 e. The second kappa shape index (κ2) is 2.92. The van der Waals surface area contributed by atoms with E-state index in [-0.39, 0.29) is 11.7 Å². The number of rotatable bonds is 2. The lowest BCUT2D eigenvalue weighted by Gasteiger charge is -1.92. The van der Waals surface area contributed by atoms with E-state index >= 15 is 0 Å². The molecular weight excluding hydrogens is 158 g/mol. The lowest BCUT2D eigenvalue weighted by Crippen LogP contribution is -1.91. The molecule has 0 fully saturated rings. The van der Waals surface area contributed by atoms with Gasteiger partial charge in [-0.1, -0.05) is 13.8 Å². The lowest BCUT2D eigenvalue weighted by atomic mass is 10.2. The summed E-state index contributed by atoms with van der Waals surface area (Å²) in [6, 6.07) is 0. The Morgan fingerprint density at radius 2 is 2.17 bits per heavy atom. The topological polar surface area (TPSA) is 71.8 Å². The fourth-order valence-corrected chi connectivity index (χ4v) is 0.925. The molecule has 0 saturated carbocycles. The number of aromatic amines is 1. The quantitative estimate of drug-likeness (QED) is 0.541. The maximum atomic E-state index is 10.4. The summed E-state index contributed by atoms with van der Waals surface area (Å²) < 4.78 is 0. The van der Waals surface area contributed by atoms with Gasteiger partial charge in [0, 0.05) is 5.92 Å². The van der Waals surface area contributed by atoms with Crippen molar-refractivity contribution in [1.29, 1.82) is 0 Å². The summed E-state index contributed by atoms with van der Waals surface area (Å²) in [5.41, 5.74) is 0.448. The molecule has 5 nitrogen and oxygen atoms in total. The first-order chi connectivity index (χ1) is 5.52. The smallest absolute Gasteiger partial charge is 0.343 e. The van der Waals surface area contributed by atoms with Gasteiger partial charge >= 0.3 is 5.82 Å². The van der Waals surface area contributed by atoms with Gasteiger partial charge in [0.1, 0.15) is 5.69 Å². The van der Waals surface area contributed by atoms with Crippen LogP contribution in [0.5, 0.6) is 0 Å². The van der Waals surface area contributed by atoms with Crippen LogP contribution in [0.3, 0.4) is 0 Å². The van der Waals surface area contributed by atoms with E-state index in [0.717, 1.165) is 0 Å². The highest BCUT2D eigenvalue weighted by Crippen LogP contribution is 2.18. The van der Waals surface area contributed by atoms with E-state index in [1.54, 1.807) is 6.92 Å². The number of hydrogen-bond donors (Lipinski definition) is 1. The number of imidazole rings is 1. The second-order valence-corrected chi connectivity index (χ2v) is 2.97. The molecule has 0 saturated heterocycles. The molecule has 0 aliphatic carbocycles. The molecule has 0 aliphatic heterocycles. The van der Waals surface area contributed by atoms with Crippen LogP contribution in [-0.2, 0) is 0 Å². The molecule has 1 heterocycles. The first-order valence-corrected chi connectivity index (χ1v) is 3.73. The van der Waals surface area contributed by atoms with Crippen molar-refractivity contribution in [3.8, 4) is 0 Å². The Morgan fingerprint density at radius 1 is 1.58 bits per heavy atom. The Bertz CT molecular complexity index is 304. The van der Waals surface area contributed by atoms with Crippen LogP contribution in [0.15, 0.2) is 0 Å². The molecule has 0 bridgehead atoms. The Hall–Kier alpha value is -1.39. The van der Waals surface area contributed by atoms with Crippen molar-refractivity contribution in [3.05, 3.63) is 21.6 Å². The fourth-order valence-electron chi connectivity index (χ4n) is 0.925. The van der Waals surface area contributed by atoms with Crippen molar-refractivity contribution in [1.82, 2.24) is 9.97 Å². The van der Waals surface area contributed by atoms with E-state index in [0.29, 0.717) is 11.5 Å². The molecule has 0 aromatic carbocycles. The van der Waals surface area contributed by atoms with E-state index in [2.05, 4.69) is 9.97 Å². The number of aromatic nitrogens is 2. The Kier molecular flexibility index (Phi) is 2.12. The molecule has 0 spiro atoms. The standard InChI is InChI=1S/C7H11N3O2/c1-4(2)6-8-5(3)7(9-6)10(11)12/h4H,1-3H3,(H,8,9). The number of hydrogen-bond acceptors (Lipinski definition) is 3. The summed E-state index contributed by atoms with van der Waals surface area (Å²) >= 11 is 0. The van der Waals surface area contributed by atoms with Crippen molar-refractivity contribution in [3.63, 3.8) is 0 Å². The van der Waals surface area contributed by atoms with Crippen LogP contribution in [0, 0.1) is 17.0 Å². The van der Waals surface area contributed by atoms with Gasteiger partial charge in [-0.25, -0.2) is 9.97 Å². The zero-order valence-electron chi connectivity index (χ0n) is 7.29. The monoisotopic (exact) mass is 169 g/mol. The highest BCUT2D eigenvalue weighted by molar-refractivity contribution is 5.27. The molecule has 5 heteroatoms. The third-order valence-electron chi connectivity index (χ3n) is 1.61. The van der Waals surface area contributed by atoms with E-state index in [1.165, 1.54) is 0 Å². The third-order valence-corrected chi connectivity index (χ3v) is 1.61. The molecule has 0 atom stereocenters. The van der Waals surface area contributed by atoms with Gasteiger partial charge in [-0.2, -0.15) is 0 Å². The average molecular weight is 169 g/mol. The molecule has 0 unspecified atom stereocenters. The molecular formula is C7H11N3O2. The second-order valence-electron chi connectivity index (χ2n) is 2.97. The van der Waals surface area contributed by atoms with Crippen molar-refractivity contribution >= 4 is 5.82 Å². The number of aryl methyl sites for hydroxylation is 1. The predicted molar refractivity (Wildman–Crippen MR) is 44.1 cm³/mol. The van der Waals surface area contributed by atoms with Gasteiger partial charge in [0.2, 0.25) is 0 Å². The maximum Gasteiger partial charge on any atom is 0.343 e. The molecule has 0 aliphatic rings. The van der Waals surface area contributed by atoms with Crippen LogP contribution < -0.4 is 0 Å². The Morgan fingerprint density at radius 3 is 2.42 bits per heavy atom. The number of nitrogens with zero attached hydrogens (tertiary/aromatic N) is 2. The first kappa shape index (κ1) is 8.70. The van der Waals surface area contributed by atoms with Crippen LogP contribution in [0.2, 0.25) is 0 Å². The predicted octanol–water partition coefficient (Wildman–Crippen LogP) is 1.75. The van der Waals surface area contributed by atoms with Gasteiger partial charge in [0.05, 0.1) is 0 Å². The van der Waals surface area contributed by atoms with Crippen LogP contribution >= 0.6 is 0 Å². The van der Waals surface area contributed by atoms with E-state index in [9.17, 15) is 10.1 Å². The first-order valence-electron chi connectivity index (χ1n) is 3.73. The lowest BCUT2D eigenvalue weighted by molar-refractivity contribution is -0.389. The summed E-state index contributed by atoms with van der Waals surface area (Å²) in [6.45, 7) is 5.49. The largest absolute Gasteiger partial charge is 0.358 e. The molecule has 1 aromatic heterocycles. The Labute approximate surface area is 70.0 Å². The van der Waals surface area contributed by atoms with E-state index in [4.69, 9.17) is 0 Å². The van der Waals surface area contributed by atoms with Crippen LogP contribution in [0.4, 0.5) is 5.82 Å². The minimum absolute atomic E-state index is 0.00120. The molecule has 1 rings (SSSR count). The van der Waals surface area contributed by atoms with Crippen molar-refractivity contribution in [2.75, 3.05) is 0 Å². The minimum atomic E-state index is -0.450. The van der Waals surface area contributed by atoms with Gasteiger partial charge < -0.3 is 10.1 Å². The normalized spacial score (nSPS) is 10.7. The van der Waals surface area contributed by atoms with Crippen molar-refractivity contribution in [2.24, 2.45) is 0 Å². The van der Waals surface area contributed by atoms with Gasteiger partial charge in [0.15, 0.2) is 5.82 Å². The zero-order valence-corrected chi connectivity index (χ0v) is 7.29. The number of H-pyrrole nitrogens is 1. The van der Waals surface area contributed by atoms with Crippen LogP contribution in [0.1, 0.15) is 31.3 Å². The highest BCUT2D eigenvalue weighted by Gasteiger charge is 2.17. The average Bonchev–Trinajstić information content (AvgIpc) is 2.30. The van der Waals surface area contributed by atoms with E-state index < -0.39 is 4.92 Å². The summed E-state index contributed by atoms with van der Waals surface area (Å²) in [6.07, 6.45) is 0. The summed E-state index contributed by atoms with van der Waals surface area (Å²) in [5.74, 6) is 0.857. The molecule has 66 valence electrons. The third kappa shape index (κ3) is 1.44. The number of nitro groups is 1. The summed E-state index contributed by atoms with van der Waals surface area (Å²) in [5, 5.41) is 10.4. The molecule has 1 aromatic rings. The summed E-state index contributed by atoms with van der Waals surface area (Å²) in [4.78, 5) is 16.6. The van der Waals surface area contributed by atoms with Gasteiger partial charge in [-0.3, -0.25) is 0 Å². The molecule has 1 N–H and O–H groups in total. The number of nitrogens with one attached hydrogen (secondary N) is 1. The van der Waals surface area contributed by atoms with Crippen molar-refractivity contribution < 1.29 is 4.92 Å². The zero-order chi connectivity index (χ0) is 9.30. The maximum absolute atomic E-state index is 10.4. The van der Waals surface area contributed by atoms with Crippen LogP contribution in [-0.4, -0.2) is 14.9 Å². The SMILES string of the molecule is Cc1nc(C(C)C)[nH]c1[N+](=O)[O-]. The highest BCUT2D eigenvalue weighted by atomic mass is 16.6. The molecule has 0 amide bonds. The van der Waals surface area contributed by atoms with E-state index in [1.807, 2.05) is 13.8 Å². The van der Waals surface area contributed by atoms with Gasteiger partial charge in [-0.15, -0.1) is 0 Å². The molecule has 0 radical (unpaired) electrons. The summed E-state index contributed by atoms with van der Waals surface area (Å²) in [7, 11) is 0. The van der Waals surface area contributed by atoms with Crippen molar-refractivity contribution in [2.45, 2.75) is 26.7 Å². The fraction of sp³-hybridized carbons (Fsp3) is 0.571.